The van der Waals surface area contributed by atoms with Crippen LogP contribution < -0.4 is 5.32 Å². The lowest BCUT2D eigenvalue weighted by molar-refractivity contribution is -0.149. The van der Waals surface area contributed by atoms with Crippen LogP contribution in [0.1, 0.15) is 19.8 Å². The van der Waals surface area contributed by atoms with Gasteiger partial charge in [-0.25, -0.2) is 0 Å². The lowest BCUT2D eigenvalue weighted by Crippen LogP contribution is -2.52. The molecule has 0 bridgehead atoms. The van der Waals surface area contributed by atoms with Gasteiger partial charge in [0.15, 0.2) is 0 Å². The molecule has 0 aromatic rings. The number of hydrogen-bond donors (Lipinski definition) is 1. The van der Waals surface area contributed by atoms with Crippen molar-refractivity contribution in [2.45, 2.75) is 19.8 Å². The van der Waals surface area contributed by atoms with E-state index in [1.165, 1.54) is 0 Å². The number of nitrogens with zero attached hydrogens (tertiary/aromatic N) is 2. The number of carbonyl (C=O) groups excluding carboxylic acids is 2. The fraction of sp³-hybridized carbons (Fsp3) is 0.833. The molecule has 0 unspecified atom stereocenters. The molecule has 0 atom stereocenters. The largest absolute Gasteiger partial charge is 0.345 e. The third-order valence-corrected chi connectivity index (χ3v) is 3.79. The summed E-state index contributed by atoms with van der Waals surface area (Å²) in [5, 5.41) is 3.22. The highest BCUT2D eigenvalue weighted by atomic mass is 16.2. The van der Waals surface area contributed by atoms with Crippen molar-refractivity contribution in [3.05, 3.63) is 0 Å². The summed E-state index contributed by atoms with van der Waals surface area (Å²) in [4.78, 5) is 28.1. The van der Waals surface area contributed by atoms with Crippen LogP contribution in [-0.2, 0) is 9.59 Å². The lowest BCUT2D eigenvalue weighted by atomic mass is 10.0. The number of amides is 2. The molecule has 1 saturated carbocycles. The van der Waals surface area contributed by atoms with Crippen molar-refractivity contribution in [1.29, 1.82) is 0 Å². The van der Waals surface area contributed by atoms with Crippen molar-refractivity contribution < 1.29 is 9.59 Å². The second-order valence-corrected chi connectivity index (χ2v) is 4.94. The lowest BCUT2D eigenvalue weighted by Gasteiger charge is -2.31. The fourth-order valence-electron chi connectivity index (χ4n) is 2.32. The molecule has 5 nitrogen and oxygen atoms in total. The van der Waals surface area contributed by atoms with Crippen LogP contribution in [0.25, 0.3) is 0 Å². The minimum absolute atomic E-state index is 0.00327. The summed E-state index contributed by atoms with van der Waals surface area (Å²) < 4.78 is 0. The van der Waals surface area contributed by atoms with E-state index in [-0.39, 0.29) is 11.8 Å². The molecule has 1 heterocycles. The van der Waals surface area contributed by atoms with E-state index in [1.54, 1.807) is 11.9 Å². The van der Waals surface area contributed by atoms with E-state index in [1.807, 2.05) is 11.8 Å². The molecule has 0 aromatic carbocycles. The summed E-state index contributed by atoms with van der Waals surface area (Å²) in [5.74, 6) is 0.0489. The van der Waals surface area contributed by atoms with Gasteiger partial charge in [-0.2, -0.15) is 0 Å². The third kappa shape index (κ3) is 2.16. The molecule has 2 amide bonds. The number of piperazine rings is 1. The molecule has 1 aliphatic carbocycles. The average Bonchev–Trinajstić information content (AvgIpc) is 3.18. The van der Waals surface area contributed by atoms with Gasteiger partial charge in [-0.05, 0) is 19.8 Å². The molecule has 0 spiro atoms. The zero-order valence-electron chi connectivity index (χ0n) is 10.7. The van der Waals surface area contributed by atoms with E-state index in [0.29, 0.717) is 6.54 Å². The minimum atomic E-state index is -0.706. The van der Waals surface area contributed by atoms with E-state index < -0.39 is 5.41 Å². The Morgan fingerprint density at radius 2 is 1.88 bits per heavy atom. The Morgan fingerprint density at radius 1 is 1.29 bits per heavy atom. The molecular formula is C12H21N3O2. The molecular weight excluding hydrogens is 218 g/mol. The molecule has 2 fully saturated rings. The molecule has 1 N–H and O–H groups in total. The van der Waals surface area contributed by atoms with Crippen molar-refractivity contribution in [3.8, 4) is 0 Å². The van der Waals surface area contributed by atoms with Gasteiger partial charge in [-0.1, -0.05) is 0 Å². The van der Waals surface area contributed by atoms with E-state index in [0.717, 1.165) is 39.0 Å². The smallest absolute Gasteiger partial charge is 0.238 e. The Balaban J connectivity index is 2.05. The molecule has 1 saturated heterocycles. The average molecular weight is 239 g/mol. The molecule has 2 aliphatic rings. The Kier molecular flexibility index (Phi) is 3.38. The zero-order valence-corrected chi connectivity index (χ0v) is 10.7. The second-order valence-electron chi connectivity index (χ2n) is 4.94. The predicted molar refractivity (Wildman–Crippen MR) is 64.4 cm³/mol. The number of rotatable bonds is 3. The van der Waals surface area contributed by atoms with Crippen molar-refractivity contribution >= 4 is 11.8 Å². The summed E-state index contributed by atoms with van der Waals surface area (Å²) >= 11 is 0. The first-order chi connectivity index (χ1) is 8.12. The van der Waals surface area contributed by atoms with Gasteiger partial charge in [0.05, 0.1) is 0 Å². The molecule has 0 radical (unpaired) electrons. The Morgan fingerprint density at radius 3 is 2.35 bits per heavy atom. The van der Waals surface area contributed by atoms with Crippen LogP contribution in [0.4, 0.5) is 0 Å². The summed E-state index contributed by atoms with van der Waals surface area (Å²) in [6.45, 7) is 5.71. The Bertz CT molecular complexity index is 320. The highest BCUT2D eigenvalue weighted by Crippen LogP contribution is 2.48. The van der Waals surface area contributed by atoms with Gasteiger partial charge in [0.2, 0.25) is 11.8 Å². The number of nitrogens with one attached hydrogen (secondary N) is 1. The molecule has 1 aliphatic heterocycles. The van der Waals surface area contributed by atoms with E-state index in [4.69, 9.17) is 0 Å². The molecule has 96 valence electrons. The molecule has 17 heavy (non-hydrogen) atoms. The summed E-state index contributed by atoms with van der Waals surface area (Å²) in [6, 6.07) is 0. The van der Waals surface area contributed by atoms with E-state index in [9.17, 15) is 9.59 Å². The zero-order chi connectivity index (χ0) is 12.5. The quantitative estimate of drug-likeness (QED) is 0.687. The number of hydrogen-bond acceptors (Lipinski definition) is 3. The molecule has 0 aromatic heterocycles. The number of carbonyl (C=O) groups is 2. The monoisotopic (exact) mass is 239 g/mol. The highest BCUT2D eigenvalue weighted by Gasteiger charge is 2.58. The van der Waals surface area contributed by atoms with Crippen LogP contribution >= 0.6 is 0 Å². The summed E-state index contributed by atoms with van der Waals surface area (Å²) in [7, 11) is 1.77. The van der Waals surface area contributed by atoms with Crippen molar-refractivity contribution in [3.63, 3.8) is 0 Å². The van der Waals surface area contributed by atoms with Gasteiger partial charge < -0.3 is 15.1 Å². The van der Waals surface area contributed by atoms with E-state index in [2.05, 4.69) is 5.32 Å². The second kappa shape index (κ2) is 4.64. The van der Waals surface area contributed by atoms with Crippen molar-refractivity contribution in [2.75, 3.05) is 39.8 Å². The first kappa shape index (κ1) is 12.4. The summed E-state index contributed by atoms with van der Waals surface area (Å²) in [5.41, 5.74) is -0.706. The van der Waals surface area contributed by atoms with Crippen LogP contribution in [0.3, 0.4) is 0 Å². The Labute approximate surface area is 102 Å². The van der Waals surface area contributed by atoms with Crippen LogP contribution in [0, 0.1) is 5.41 Å². The fourth-order valence-corrected chi connectivity index (χ4v) is 2.32. The Hall–Kier alpha value is -1.10. The standard InChI is InChI=1S/C12H21N3O2/c1-3-14(2)10(16)12(4-5-12)11(17)15-8-6-13-7-9-15/h13H,3-9H2,1-2H3. The van der Waals surface area contributed by atoms with Crippen LogP contribution in [-0.4, -0.2) is 61.4 Å². The van der Waals surface area contributed by atoms with Crippen molar-refractivity contribution in [1.82, 2.24) is 15.1 Å². The van der Waals surface area contributed by atoms with Gasteiger partial charge in [-0.15, -0.1) is 0 Å². The third-order valence-electron chi connectivity index (χ3n) is 3.79. The maximum Gasteiger partial charge on any atom is 0.238 e. The van der Waals surface area contributed by atoms with Crippen LogP contribution in [0.2, 0.25) is 0 Å². The topological polar surface area (TPSA) is 52.7 Å². The predicted octanol–water partition coefficient (Wildman–Crippen LogP) is -0.323. The minimum Gasteiger partial charge on any atom is -0.345 e. The highest BCUT2D eigenvalue weighted by molar-refractivity contribution is 6.07. The van der Waals surface area contributed by atoms with Gasteiger partial charge in [0, 0.05) is 39.8 Å². The summed E-state index contributed by atoms with van der Waals surface area (Å²) in [6.07, 6.45) is 1.44. The SMILES string of the molecule is CCN(C)C(=O)C1(C(=O)N2CCNCC2)CC1. The normalized spacial score (nSPS) is 22.1. The first-order valence-electron chi connectivity index (χ1n) is 6.37. The van der Waals surface area contributed by atoms with Gasteiger partial charge in [-0.3, -0.25) is 9.59 Å². The van der Waals surface area contributed by atoms with Gasteiger partial charge in [0.1, 0.15) is 5.41 Å². The molecule has 2 rings (SSSR count). The maximum absolute atomic E-state index is 12.4. The van der Waals surface area contributed by atoms with Gasteiger partial charge >= 0.3 is 0 Å². The van der Waals surface area contributed by atoms with Crippen LogP contribution in [0.5, 0.6) is 0 Å². The van der Waals surface area contributed by atoms with Crippen LogP contribution in [0.15, 0.2) is 0 Å². The van der Waals surface area contributed by atoms with Gasteiger partial charge in [0.25, 0.3) is 0 Å². The van der Waals surface area contributed by atoms with Crippen molar-refractivity contribution in [2.24, 2.45) is 5.41 Å². The molecule has 5 heteroatoms. The van der Waals surface area contributed by atoms with E-state index >= 15 is 0 Å². The maximum atomic E-state index is 12.4. The first-order valence-corrected chi connectivity index (χ1v) is 6.37.